The molecule has 0 aliphatic heterocycles. The first-order valence-corrected chi connectivity index (χ1v) is 16.7. The Morgan fingerprint density at radius 3 is 1.89 bits per heavy atom. The van der Waals surface area contributed by atoms with Crippen LogP contribution in [0.2, 0.25) is 10.0 Å². The highest BCUT2D eigenvalue weighted by Gasteiger charge is 2.35. The lowest BCUT2D eigenvalue weighted by Gasteiger charge is -2.35. The quantitative estimate of drug-likeness (QED) is 0.186. The molecule has 7 nitrogen and oxygen atoms in total. The molecule has 45 heavy (non-hydrogen) atoms. The van der Waals surface area contributed by atoms with Crippen LogP contribution in [-0.2, 0) is 32.6 Å². The number of halogens is 2. The average Bonchev–Trinajstić information content (AvgIpc) is 2.99. The largest absolute Gasteiger partial charge is 0.350 e. The molecule has 1 N–H and O–H groups in total. The molecule has 0 bridgehead atoms. The molecule has 2 amide bonds. The van der Waals surface area contributed by atoms with Crippen LogP contribution in [0.1, 0.15) is 37.5 Å². The van der Waals surface area contributed by atoms with Gasteiger partial charge in [0.05, 0.1) is 10.6 Å². The molecule has 0 aliphatic carbocycles. The highest BCUT2D eigenvalue weighted by atomic mass is 35.5. The number of amides is 2. The van der Waals surface area contributed by atoms with E-state index in [2.05, 4.69) is 5.32 Å². The molecule has 0 aliphatic rings. The summed E-state index contributed by atoms with van der Waals surface area (Å²) >= 11 is 12.2. The third-order valence-electron chi connectivity index (χ3n) is 7.04. The van der Waals surface area contributed by atoms with Gasteiger partial charge in [-0.05, 0) is 87.4 Å². The van der Waals surface area contributed by atoms with Crippen LogP contribution in [0.4, 0.5) is 5.69 Å². The van der Waals surface area contributed by atoms with Gasteiger partial charge in [-0.1, -0.05) is 83.4 Å². The van der Waals surface area contributed by atoms with E-state index in [0.29, 0.717) is 15.7 Å². The summed E-state index contributed by atoms with van der Waals surface area (Å²) in [7, 11) is -4.22. The van der Waals surface area contributed by atoms with Crippen LogP contribution >= 0.6 is 23.2 Å². The van der Waals surface area contributed by atoms with Gasteiger partial charge in [0.1, 0.15) is 12.6 Å². The van der Waals surface area contributed by atoms with Crippen LogP contribution in [0.5, 0.6) is 0 Å². The Bertz CT molecular complexity index is 1710. The average molecular weight is 667 g/mol. The molecule has 4 aromatic rings. The fraction of sp³-hybridized carbons (Fsp3) is 0.257. The molecule has 4 rings (SSSR count). The zero-order chi connectivity index (χ0) is 32.8. The Balaban J connectivity index is 1.81. The zero-order valence-corrected chi connectivity index (χ0v) is 28.0. The van der Waals surface area contributed by atoms with Gasteiger partial charge in [-0.2, -0.15) is 0 Å². The van der Waals surface area contributed by atoms with Gasteiger partial charge in [0.2, 0.25) is 11.8 Å². The Kier molecular flexibility index (Phi) is 11.0. The van der Waals surface area contributed by atoms with Crippen molar-refractivity contribution in [1.82, 2.24) is 10.2 Å². The van der Waals surface area contributed by atoms with Crippen molar-refractivity contribution in [2.45, 2.75) is 57.1 Å². The summed E-state index contributed by atoms with van der Waals surface area (Å²) in [5.74, 6) is -0.899. The van der Waals surface area contributed by atoms with E-state index in [-0.39, 0.29) is 23.8 Å². The number of nitrogens with one attached hydrogen (secondary N) is 1. The number of hydrogen-bond acceptors (Lipinski definition) is 4. The molecule has 0 spiro atoms. The van der Waals surface area contributed by atoms with Crippen molar-refractivity contribution in [2.75, 3.05) is 10.8 Å². The van der Waals surface area contributed by atoms with Gasteiger partial charge in [0, 0.05) is 28.5 Å². The fourth-order valence-corrected chi connectivity index (χ4v) is 6.43. The van der Waals surface area contributed by atoms with Crippen molar-refractivity contribution in [3.05, 3.63) is 130 Å². The molecule has 0 fully saturated rings. The van der Waals surface area contributed by atoms with E-state index >= 15 is 0 Å². The van der Waals surface area contributed by atoms with Crippen LogP contribution in [0.3, 0.4) is 0 Å². The second-order valence-electron chi connectivity index (χ2n) is 11.9. The van der Waals surface area contributed by atoms with Crippen molar-refractivity contribution in [2.24, 2.45) is 0 Å². The topological polar surface area (TPSA) is 86.8 Å². The van der Waals surface area contributed by atoms with E-state index in [4.69, 9.17) is 23.2 Å². The van der Waals surface area contributed by atoms with Crippen molar-refractivity contribution in [3.63, 3.8) is 0 Å². The molecule has 0 heterocycles. The first-order chi connectivity index (χ1) is 21.2. The summed E-state index contributed by atoms with van der Waals surface area (Å²) in [5.41, 5.74) is 2.25. The van der Waals surface area contributed by atoms with E-state index in [0.717, 1.165) is 21.0 Å². The maximum absolute atomic E-state index is 14.5. The van der Waals surface area contributed by atoms with Crippen LogP contribution < -0.4 is 9.62 Å². The summed E-state index contributed by atoms with van der Waals surface area (Å²) in [6.45, 7) is 7.00. The van der Waals surface area contributed by atoms with Gasteiger partial charge in [0.15, 0.2) is 0 Å². The summed E-state index contributed by atoms with van der Waals surface area (Å²) < 4.78 is 29.2. The Morgan fingerprint density at radius 2 is 1.33 bits per heavy atom. The molecular weight excluding hydrogens is 629 g/mol. The smallest absolute Gasteiger partial charge is 0.264 e. The molecule has 0 saturated heterocycles. The number of sulfonamides is 1. The fourth-order valence-electron chi connectivity index (χ4n) is 4.77. The lowest BCUT2D eigenvalue weighted by molar-refractivity contribution is -0.140. The SMILES string of the molecule is Cc1ccc(N(CC(=O)N(Cc2ccc(Cl)cc2)C(Cc2ccccc2)C(=O)NC(C)(C)C)S(=O)(=O)c2ccc(Cl)cc2)cc1. The number of anilines is 1. The van der Waals surface area contributed by atoms with Crippen LogP contribution in [0.15, 0.2) is 108 Å². The number of carbonyl (C=O) groups is 2. The third-order valence-corrected chi connectivity index (χ3v) is 9.33. The number of nitrogens with zero attached hydrogens (tertiary/aromatic N) is 2. The van der Waals surface area contributed by atoms with Gasteiger partial charge < -0.3 is 10.2 Å². The summed E-state index contributed by atoms with van der Waals surface area (Å²) in [6.07, 6.45) is 0.219. The van der Waals surface area contributed by atoms with E-state index in [1.807, 2.05) is 58.0 Å². The molecule has 1 unspecified atom stereocenters. The molecule has 0 aromatic heterocycles. The number of rotatable bonds is 11. The van der Waals surface area contributed by atoms with Gasteiger partial charge in [0.25, 0.3) is 10.0 Å². The predicted molar refractivity (Wildman–Crippen MR) is 181 cm³/mol. The molecule has 1 atom stereocenters. The van der Waals surface area contributed by atoms with Crippen molar-refractivity contribution >= 4 is 50.7 Å². The lowest BCUT2D eigenvalue weighted by atomic mass is 10.0. The highest BCUT2D eigenvalue weighted by molar-refractivity contribution is 7.92. The standard InChI is InChI=1S/C35H37Cl2N3O4S/c1-25-10-18-30(19-11-25)40(45(43,44)31-20-16-29(37)17-21-31)24-33(41)39(23-27-12-14-28(36)15-13-27)32(34(42)38-35(2,3)4)22-26-8-6-5-7-9-26/h5-21,32H,22-24H2,1-4H3,(H,38,42). The second kappa shape index (κ2) is 14.5. The van der Waals surface area contributed by atoms with E-state index in [1.54, 1.807) is 48.5 Å². The minimum atomic E-state index is -4.22. The van der Waals surface area contributed by atoms with Gasteiger partial charge in [-0.3, -0.25) is 13.9 Å². The van der Waals surface area contributed by atoms with E-state index in [1.165, 1.54) is 29.2 Å². The van der Waals surface area contributed by atoms with Crippen molar-refractivity contribution in [3.8, 4) is 0 Å². The normalized spacial score (nSPS) is 12.3. The first kappa shape index (κ1) is 34.0. The minimum absolute atomic E-state index is 0.0177. The molecule has 0 radical (unpaired) electrons. The van der Waals surface area contributed by atoms with Crippen LogP contribution in [-0.4, -0.2) is 43.3 Å². The number of aryl methyl sites for hydroxylation is 1. The highest BCUT2D eigenvalue weighted by Crippen LogP contribution is 2.26. The molecule has 10 heteroatoms. The Morgan fingerprint density at radius 1 is 0.778 bits per heavy atom. The minimum Gasteiger partial charge on any atom is -0.350 e. The molecular formula is C35H37Cl2N3O4S. The maximum atomic E-state index is 14.5. The Labute approximate surface area is 275 Å². The first-order valence-electron chi connectivity index (χ1n) is 14.5. The van der Waals surface area contributed by atoms with Gasteiger partial charge in [-0.15, -0.1) is 0 Å². The molecule has 4 aromatic carbocycles. The monoisotopic (exact) mass is 665 g/mol. The lowest BCUT2D eigenvalue weighted by Crippen LogP contribution is -2.56. The number of hydrogen-bond donors (Lipinski definition) is 1. The van der Waals surface area contributed by atoms with Crippen LogP contribution in [0, 0.1) is 6.92 Å². The maximum Gasteiger partial charge on any atom is 0.264 e. The second-order valence-corrected chi connectivity index (χ2v) is 14.6. The molecule has 0 saturated carbocycles. The van der Waals surface area contributed by atoms with Crippen molar-refractivity contribution in [1.29, 1.82) is 0 Å². The summed E-state index contributed by atoms with van der Waals surface area (Å²) in [4.78, 5) is 29.9. The van der Waals surface area contributed by atoms with Gasteiger partial charge in [-0.25, -0.2) is 8.42 Å². The molecule has 236 valence electrons. The number of carbonyl (C=O) groups excluding carboxylic acids is 2. The van der Waals surface area contributed by atoms with Crippen LogP contribution in [0.25, 0.3) is 0 Å². The zero-order valence-electron chi connectivity index (χ0n) is 25.7. The summed E-state index contributed by atoms with van der Waals surface area (Å²) in [6, 6.07) is 28.1. The van der Waals surface area contributed by atoms with Gasteiger partial charge >= 0.3 is 0 Å². The predicted octanol–water partition coefficient (Wildman–Crippen LogP) is 7.05. The Hall–Kier alpha value is -3.85. The summed E-state index contributed by atoms with van der Waals surface area (Å²) in [5, 5.41) is 3.94. The van der Waals surface area contributed by atoms with Crippen molar-refractivity contribution < 1.29 is 18.0 Å². The van der Waals surface area contributed by atoms with E-state index in [9.17, 15) is 18.0 Å². The third kappa shape index (κ3) is 9.33. The van der Waals surface area contributed by atoms with E-state index < -0.39 is 34.1 Å². The number of benzene rings is 4.